The number of hydrogen-bond acceptors (Lipinski definition) is 7. The summed E-state index contributed by atoms with van der Waals surface area (Å²) in [5, 5.41) is 0.812. The van der Waals surface area contributed by atoms with Crippen LogP contribution in [-0.2, 0) is 27.3 Å². The first kappa shape index (κ1) is 26.6. The smallest absolute Gasteiger partial charge is 0.335 e. The minimum atomic E-state index is -1.95. The van der Waals surface area contributed by atoms with Crippen molar-refractivity contribution in [3.8, 4) is 0 Å². The summed E-state index contributed by atoms with van der Waals surface area (Å²) in [7, 11) is -1.99. The Balaban J connectivity index is 3.95. The Morgan fingerprint density at radius 3 is 2.41 bits per heavy atom. The molecule has 11 heteroatoms. The second kappa shape index (κ2) is 13.7. The average Bonchev–Trinajstić information content (AvgIpc) is 2.58. The van der Waals surface area contributed by atoms with Gasteiger partial charge in [-0.25, -0.2) is 4.79 Å². The van der Waals surface area contributed by atoms with E-state index in [0.29, 0.717) is 25.3 Å². The lowest BCUT2D eigenvalue weighted by molar-refractivity contribution is -0.166. The molecular weight excluding hydrogens is 433 g/mol. The fourth-order valence-electron chi connectivity index (χ4n) is 1.31. The number of rotatable bonds is 14. The molecule has 151 valence electrons. The van der Waals surface area contributed by atoms with Crippen LogP contribution in [0.1, 0.15) is 13.8 Å². The summed E-state index contributed by atoms with van der Waals surface area (Å²) in [6.07, 6.45) is 0. The number of carbonyl (C=O) groups excluding carboxylic acids is 2. The molecule has 0 saturated heterocycles. The van der Waals surface area contributed by atoms with E-state index in [0.717, 1.165) is 10.2 Å². The van der Waals surface area contributed by atoms with Crippen LogP contribution in [0.3, 0.4) is 0 Å². The van der Waals surface area contributed by atoms with Gasteiger partial charge in [-0.05, 0) is 37.9 Å². The molecule has 0 saturated carbocycles. The fraction of sp³-hybridized carbons (Fsp3) is 0.625. The fourth-order valence-corrected chi connectivity index (χ4v) is 8.52. The van der Waals surface area contributed by atoms with E-state index < -0.39 is 23.3 Å². The Kier molecular flexibility index (Phi) is 13.5. The van der Waals surface area contributed by atoms with Crippen molar-refractivity contribution in [3.63, 3.8) is 0 Å². The molecule has 0 N–H and O–H groups in total. The first-order chi connectivity index (χ1) is 12.5. The van der Waals surface area contributed by atoms with E-state index >= 15 is 0 Å². The molecule has 0 fully saturated rings. The quantitative estimate of drug-likeness (QED) is 0.129. The molecule has 5 radical (unpaired) electrons. The van der Waals surface area contributed by atoms with Gasteiger partial charge in [-0.2, -0.15) is 11.8 Å². The molecule has 0 aliphatic heterocycles. The van der Waals surface area contributed by atoms with Crippen LogP contribution in [0.4, 0.5) is 0 Å². The summed E-state index contributed by atoms with van der Waals surface area (Å²) < 4.78 is 21.5. The van der Waals surface area contributed by atoms with E-state index in [9.17, 15) is 9.59 Å². The van der Waals surface area contributed by atoms with E-state index in [2.05, 4.69) is 39.3 Å². The van der Waals surface area contributed by atoms with Crippen molar-refractivity contribution < 1.29 is 27.3 Å². The molecule has 0 aromatic carbocycles. The summed E-state index contributed by atoms with van der Waals surface area (Å²) in [4.78, 5) is 24.1. The minimum Gasteiger partial charge on any atom is -0.453 e. The summed E-state index contributed by atoms with van der Waals surface area (Å²) in [6, 6.07) is 0. The third-order valence-corrected chi connectivity index (χ3v) is 13.6. The Bertz CT molecular complexity index is 527. The summed E-state index contributed by atoms with van der Waals surface area (Å²) in [5.74, 6) is -0.625. The molecule has 0 heterocycles. The van der Waals surface area contributed by atoms with Crippen molar-refractivity contribution in [1.29, 1.82) is 0 Å². The van der Waals surface area contributed by atoms with Gasteiger partial charge in [0, 0.05) is 16.7 Å². The zero-order valence-electron chi connectivity index (χ0n) is 17.0. The molecule has 0 aliphatic rings. The monoisotopic (exact) mass is 461 g/mol. The molecule has 0 aliphatic carbocycles. The Morgan fingerprint density at radius 2 is 1.85 bits per heavy atom. The largest absolute Gasteiger partial charge is 0.453 e. The van der Waals surface area contributed by atoms with E-state index in [4.69, 9.17) is 17.7 Å². The zero-order valence-corrected chi connectivity index (χ0v) is 21.8. The van der Waals surface area contributed by atoms with Gasteiger partial charge in [0.1, 0.15) is 0 Å². The van der Waals surface area contributed by atoms with Gasteiger partial charge in [-0.15, -0.1) is 6.58 Å². The molecule has 0 spiro atoms. The predicted molar refractivity (Wildman–Crippen MR) is 116 cm³/mol. The second-order valence-electron chi connectivity index (χ2n) is 6.56. The van der Waals surface area contributed by atoms with Gasteiger partial charge in [0.2, 0.25) is 26.3 Å². The first-order valence-corrected chi connectivity index (χ1v) is 16.9. The lowest BCUT2D eigenvalue weighted by atomic mass is 10.2. The van der Waals surface area contributed by atoms with Crippen LogP contribution in [0.5, 0.6) is 0 Å². The topological polar surface area (TPSA) is 71.1 Å². The number of carbonyl (C=O) groups is 2. The van der Waals surface area contributed by atoms with Crippen LogP contribution in [0.25, 0.3) is 0 Å². The van der Waals surface area contributed by atoms with Gasteiger partial charge in [0.05, 0.1) is 5.92 Å². The van der Waals surface area contributed by atoms with E-state index in [1.165, 1.54) is 6.92 Å². The molecule has 6 nitrogen and oxygen atoms in total. The van der Waals surface area contributed by atoms with E-state index in [-0.39, 0.29) is 24.3 Å². The summed E-state index contributed by atoms with van der Waals surface area (Å²) >= 11 is 1.64. The highest BCUT2D eigenvalue weighted by molar-refractivity contribution is 8.00. The number of hydrogen-bond donors (Lipinski definition) is 0. The van der Waals surface area contributed by atoms with E-state index in [1.54, 1.807) is 18.7 Å². The molecule has 0 amide bonds. The van der Waals surface area contributed by atoms with Crippen molar-refractivity contribution in [2.24, 2.45) is 5.92 Å². The van der Waals surface area contributed by atoms with Crippen molar-refractivity contribution in [3.05, 3.63) is 23.6 Å². The number of ether oxygens (including phenoxy) is 2. The average molecular weight is 462 g/mol. The Hall–Kier alpha value is -0.442. The van der Waals surface area contributed by atoms with Gasteiger partial charge in [-0.1, -0.05) is 13.5 Å². The third kappa shape index (κ3) is 12.6. The van der Waals surface area contributed by atoms with Gasteiger partial charge < -0.3 is 17.7 Å². The van der Waals surface area contributed by atoms with Crippen molar-refractivity contribution in [2.45, 2.75) is 40.0 Å². The first-order valence-electron chi connectivity index (χ1n) is 8.37. The lowest BCUT2D eigenvalue weighted by Gasteiger charge is -2.25. The molecule has 0 rings (SSSR count). The normalized spacial score (nSPS) is 12.6. The highest BCUT2D eigenvalue weighted by Gasteiger charge is 2.27. The second-order valence-corrected chi connectivity index (χ2v) is 17.1. The molecule has 0 aromatic heterocycles. The molecule has 1 atom stereocenters. The van der Waals surface area contributed by atoms with Gasteiger partial charge >= 0.3 is 11.9 Å². The highest BCUT2D eigenvalue weighted by Crippen LogP contribution is 2.15. The maximum atomic E-state index is 11.8. The number of thioether (sulfide) groups is 1. The summed E-state index contributed by atoms with van der Waals surface area (Å²) in [6.45, 7) is 19.0. The Morgan fingerprint density at radius 1 is 1.22 bits per heavy atom. The molecule has 27 heavy (non-hydrogen) atoms. The highest BCUT2D eigenvalue weighted by atomic mass is 32.2. The predicted octanol–water partition coefficient (Wildman–Crippen LogP) is 2.71. The van der Waals surface area contributed by atoms with Crippen molar-refractivity contribution >= 4 is 60.6 Å². The van der Waals surface area contributed by atoms with Gasteiger partial charge in [0.25, 0.3) is 0 Å². The van der Waals surface area contributed by atoms with Crippen LogP contribution in [0, 0.1) is 5.92 Å². The SMILES string of the molecule is C=C(C)C(=O)OCOC(=O)C(C)CSC[Si]O[Si](C)(C)C(=C)[Si]O[Si](C)C. The van der Waals surface area contributed by atoms with Crippen LogP contribution in [-0.4, -0.2) is 66.7 Å². The summed E-state index contributed by atoms with van der Waals surface area (Å²) in [5.41, 5.74) is 0.266. The maximum Gasteiger partial charge on any atom is 0.335 e. The van der Waals surface area contributed by atoms with Crippen LogP contribution >= 0.6 is 11.8 Å². The lowest BCUT2D eigenvalue weighted by Crippen LogP contribution is -2.39. The molecule has 0 aromatic rings. The minimum absolute atomic E-state index is 0.266. The Labute approximate surface area is 175 Å². The molecule has 1 unspecified atom stereocenters. The van der Waals surface area contributed by atoms with Crippen molar-refractivity contribution in [1.82, 2.24) is 0 Å². The van der Waals surface area contributed by atoms with Gasteiger partial charge in [0.15, 0.2) is 17.4 Å². The van der Waals surface area contributed by atoms with Crippen LogP contribution < -0.4 is 0 Å². The van der Waals surface area contributed by atoms with Crippen LogP contribution in [0.2, 0.25) is 26.2 Å². The number of esters is 2. The van der Waals surface area contributed by atoms with Crippen molar-refractivity contribution in [2.75, 3.05) is 17.9 Å². The third-order valence-electron chi connectivity index (χ3n) is 3.10. The van der Waals surface area contributed by atoms with Crippen LogP contribution in [0.15, 0.2) is 23.6 Å². The maximum absolute atomic E-state index is 11.8. The standard InChI is InChI=1S/C16H29O6SSi4/c1-12(2)15(17)19-10-20-16(18)13(3)9-23-11-24-22-27(7,8)14(4)25-21-26(5)6/h13H,1,4,9-11H2,2-3,5-8H3. The molecule has 0 bridgehead atoms. The van der Waals surface area contributed by atoms with E-state index in [1.807, 2.05) is 0 Å². The molecular formula is C16H29O6SSi4. The van der Waals surface area contributed by atoms with Gasteiger partial charge in [-0.3, -0.25) is 4.79 Å². The zero-order chi connectivity index (χ0) is 21.0.